The van der Waals surface area contributed by atoms with Crippen molar-refractivity contribution >= 4 is 0 Å². The van der Waals surface area contributed by atoms with E-state index in [0.29, 0.717) is 0 Å². The van der Waals surface area contributed by atoms with E-state index in [4.69, 9.17) is 10.8 Å². The van der Waals surface area contributed by atoms with Crippen LogP contribution < -0.4 is 5.73 Å². The number of hydrogen-bond donors (Lipinski definition) is 2. The average molecular weight is 146 g/mol. The first-order valence-electron chi connectivity index (χ1n) is 3.68. The van der Waals surface area contributed by atoms with Crippen LogP contribution in [0.15, 0.2) is 0 Å². The minimum absolute atomic E-state index is 0.0278. The number of rotatable bonds is 5. The fraction of sp³-hybridized carbons (Fsp3) is 1.00. The largest absolute Gasteiger partial charge is 0.395 e. The number of nitrogens with zero attached hydrogens (tertiary/aromatic N) is 1. The lowest BCUT2D eigenvalue weighted by Crippen LogP contribution is -2.25. The third-order valence-electron chi connectivity index (χ3n) is 1.41. The Balaban J connectivity index is 3.03. The van der Waals surface area contributed by atoms with Gasteiger partial charge in [-0.1, -0.05) is 0 Å². The zero-order chi connectivity index (χ0) is 7.98. The smallest absolute Gasteiger partial charge is 0.0582 e. The second-order valence-electron chi connectivity index (χ2n) is 2.89. The quantitative estimate of drug-likeness (QED) is 0.557. The van der Waals surface area contributed by atoms with E-state index >= 15 is 0 Å². The van der Waals surface area contributed by atoms with E-state index < -0.39 is 0 Å². The molecular weight excluding hydrogens is 128 g/mol. The molecule has 3 N–H and O–H groups in total. The maximum absolute atomic E-state index is 8.56. The highest BCUT2D eigenvalue weighted by molar-refractivity contribution is 4.59. The van der Waals surface area contributed by atoms with Crippen molar-refractivity contribution in [3.8, 4) is 0 Å². The van der Waals surface area contributed by atoms with Gasteiger partial charge in [0.25, 0.3) is 0 Å². The molecular formula is C7H18N2O. The van der Waals surface area contributed by atoms with Gasteiger partial charge in [0.15, 0.2) is 0 Å². The van der Waals surface area contributed by atoms with Crippen LogP contribution in [-0.2, 0) is 0 Å². The zero-order valence-corrected chi connectivity index (χ0v) is 6.88. The first-order chi connectivity index (χ1) is 4.66. The number of hydrogen-bond acceptors (Lipinski definition) is 3. The lowest BCUT2D eigenvalue weighted by atomic mass is 10.2. The van der Waals surface area contributed by atoms with Gasteiger partial charge in [-0.3, -0.25) is 0 Å². The Bertz CT molecular complexity index is 76.0. The average Bonchev–Trinajstić information content (AvgIpc) is 1.87. The Hall–Kier alpha value is -0.120. The Morgan fingerprint density at radius 3 is 2.50 bits per heavy atom. The summed E-state index contributed by atoms with van der Waals surface area (Å²) in [7, 11) is 4.06. The summed E-state index contributed by atoms with van der Waals surface area (Å²) in [6.07, 6.45) is 1.98. The summed E-state index contributed by atoms with van der Waals surface area (Å²) in [5.41, 5.74) is 5.49. The van der Waals surface area contributed by atoms with E-state index in [0.717, 1.165) is 19.4 Å². The number of aliphatic hydroxyl groups excluding tert-OH is 1. The van der Waals surface area contributed by atoms with Crippen LogP contribution in [0.2, 0.25) is 0 Å². The molecule has 10 heavy (non-hydrogen) atoms. The fourth-order valence-electron chi connectivity index (χ4n) is 0.761. The number of nitrogens with two attached hydrogens (primary N) is 1. The number of aliphatic hydroxyl groups is 1. The van der Waals surface area contributed by atoms with Gasteiger partial charge in [0.1, 0.15) is 0 Å². The molecule has 3 heteroatoms. The zero-order valence-electron chi connectivity index (χ0n) is 6.88. The minimum atomic E-state index is -0.0278. The Labute approximate surface area is 62.8 Å². The van der Waals surface area contributed by atoms with Gasteiger partial charge in [0, 0.05) is 6.04 Å². The van der Waals surface area contributed by atoms with Crippen molar-refractivity contribution in [3.05, 3.63) is 0 Å². The highest BCUT2D eigenvalue weighted by atomic mass is 16.3. The predicted molar refractivity (Wildman–Crippen MR) is 42.8 cm³/mol. The molecule has 0 aliphatic rings. The molecule has 3 nitrogen and oxygen atoms in total. The maximum Gasteiger partial charge on any atom is 0.0582 e. The molecule has 1 unspecified atom stereocenters. The van der Waals surface area contributed by atoms with Crippen molar-refractivity contribution in [1.29, 1.82) is 0 Å². The third-order valence-corrected chi connectivity index (χ3v) is 1.41. The second kappa shape index (κ2) is 5.65. The van der Waals surface area contributed by atoms with Crippen LogP contribution in [0.4, 0.5) is 0 Å². The summed E-state index contributed by atoms with van der Waals surface area (Å²) in [6.45, 7) is 1.15. The van der Waals surface area contributed by atoms with Crippen molar-refractivity contribution in [2.45, 2.75) is 18.9 Å². The molecule has 0 aromatic carbocycles. The second-order valence-corrected chi connectivity index (χ2v) is 2.89. The Morgan fingerprint density at radius 2 is 2.10 bits per heavy atom. The summed E-state index contributed by atoms with van der Waals surface area (Å²) < 4.78 is 0. The molecule has 0 heterocycles. The van der Waals surface area contributed by atoms with Crippen molar-refractivity contribution in [2.75, 3.05) is 27.2 Å². The van der Waals surface area contributed by atoms with Gasteiger partial charge in [0.2, 0.25) is 0 Å². The van der Waals surface area contributed by atoms with Gasteiger partial charge in [-0.05, 0) is 33.5 Å². The lowest BCUT2D eigenvalue weighted by Gasteiger charge is -2.11. The molecule has 0 aliphatic carbocycles. The Kier molecular flexibility index (Phi) is 5.58. The van der Waals surface area contributed by atoms with Crippen LogP contribution in [0.5, 0.6) is 0 Å². The third kappa shape index (κ3) is 6.01. The van der Waals surface area contributed by atoms with Crippen molar-refractivity contribution in [2.24, 2.45) is 5.73 Å². The predicted octanol–water partition coefficient (Wildman–Crippen LogP) is -0.352. The summed E-state index contributed by atoms with van der Waals surface area (Å²) in [6, 6.07) is -0.0278. The topological polar surface area (TPSA) is 49.5 Å². The van der Waals surface area contributed by atoms with E-state index in [2.05, 4.69) is 4.90 Å². The van der Waals surface area contributed by atoms with Gasteiger partial charge in [-0.25, -0.2) is 0 Å². The molecule has 0 fully saturated rings. The van der Waals surface area contributed by atoms with E-state index in [1.807, 2.05) is 14.1 Å². The molecule has 0 amide bonds. The molecule has 0 saturated carbocycles. The molecule has 0 radical (unpaired) electrons. The molecule has 1 atom stereocenters. The van der Waals surface area contributed by atoms with E-state index in [1.54, 1.807) is 0 Å². The van der Waals surface area contributed by atoms with Crippen molar-refractivity contribution < 1.29 is 5.11 Å². The molecule has 0 saturated heterocycles. The van der Waals surface area contributed by atoms with Gasteiger partial charge < -0.3 is 15.7 Å². The highest BCUT2D eigenvalue weighted by Crippen LogP contribution is 1.93. The van der Waals surface area contributed by atoms with E-state index in [1.165, 1.54) is 0 Å². The lowest BCUT2D eigenvalue weighted by molar-refractivity contribution is 0.253. The van der Waals surface area contributed by atoms with Crippen LogP contribution in [-0.4, -0.2) is 43.3 Å². The van der Waals surface area contributed by atoms with E-state index in [-0.39, 0.29) is 12.6 Å². The maximum atomic E-state index is 8.56. The molecule has 0 rings (SSSR count). The van der Waals surface area contributed by atoms with Gasteiger partial charge in [0.05, 0.1) is 6.61 Å². The van der Waals surface area contributed by atoms with Crippen LogP contribution in [0.1, 0.15) is 12.8 Å². The van der Waals surface area contributed by atoms with Crippen LogP contribution in [0.3, 0.4) is 0 Å². The summed E-state index contributed by atoms with van der Waals surface area (Å²) >= 11 is 0. The molecule has 0 aromatic heterocycles. The molecule has 62 valence electrons. The molecule has 0 bridgehead atoms. The molecule has 0 aromatic rings. The molecule has 0 aliphatic heterocycles. The van der Waals surface area contributed by atoms with Crippen LogP contribution in [0.25, 0.3) is 0 Å². The SMILES string of the molecule is CN(C)CCCC(N)CO. The van der Waals surface area contributed by atoms with Crippen LogP contribution in [0, 0.1) is 0 Å². The van der Waals surface area contributed by atoms with Crippen molar-refractivity contribution in [3.63, 3.8) is 0 Å². The van der Waals surface area contributed by atoms with E-state index in [9.17, 15) is 0 Å². The minimum Gasteiger partial charge on any atom is -0.395 e. The van der Waals surface area contributed by atoms with Gasteiger partial charge in [-0.15, -0.1) is 0 Å². The Morgan fingerprint density at radius 1 is 1.50 bits per heavy atom. The monoisotopic (exact) mass is 146 g/mol. The molecule has 0 spiro atoms. The standard InChI is InChI=1S/C7H18N2O/c1-9(2)5-3-4-7(8)6-10/h7,10H,3-6,8H2,1-2H3. The van der Waals surface area contributed by atoms with Crippen molar-refractivity contribution in [1.82, 2.24) is 4.90 Å². The van der Waals surface area contributed by atoms with Gasteiger partial charge in [-0.2, -0.15) is 0 Å². The first kappa shape index (κ1) is 9.88. The highest BCUT2D eigenvalue weighted by Gasteiger charge is 1.99. The first-order valence-corrected chi connectivity index (χ1v) is 3.68. The summed E-state index contributed by atoms with van der Waals surface area (Å²) in [5, 5.41) is 8.56. The van der Waals surface area contributed by atoms with Crippen LogP contribution >= 0.6 is 0 Å². The fourth-order valence-corrected chi connectivity index (χ4v) is 0.761. The summed E-state index contributed by atoms with van der Waals surface area (Å²) in [4.78, 5) is 2.12. The summed E-state index contributed by atoms with van der Waals surface area (Å²) in [5.74, 6) is 0. The van der Waals surface area contributed by atoms with Gasteiger partial charge >= 0.3 is 0 Å². The normalized spacial score (nSPS) is 14.1.